The van der Waals surface area contributed by atoms with E-state index in [4.69, 9.17) is 9.84 Å². The molecule has 1 unspecified atom stereocenters. The lowest BCUT2D eigenvalue weighted by atomic mass is 10.0. The highest BCUT2D eigenvalue weighted by Crippen LogP contribution is 2.14. The quantitative estimate of drug-likeness (QED) is 0.761. The summed E-state index contributed by atoms with van der Waals surface area (Å²) >= 11 is 0. The van der Waals surface area contributed by atoms with Crippen LogP contribution in [0, 0.1) is 0 Å². The molecule has 0 radical (unpaired) electrons. The molecular weight excluding hydrogens is 218 g/mol. The van der Waals surface area contributed by atoms with Crippen molar-refractivity contribution in [1.82, 2.24) is 5.32 Å². The molecule has 0 heterocycles. The first-order valence-electron chi connectivity index (χ1n) is 5.73. The molecule has 0 aliphatic heterocycles. The van der Waals surface area contributed by atoms with Crippen LogP contribution in [0.1, 0.15) is 30.5 Å². The van der Waals surface area contributed by atoms with Crippen molar-refractivity contribution < 1.29 is 14.6 Å². The standard InChI is InChI=1S/C13H19NO3/c1-3-8-14-12(13(15)16)11-6-4-10(5-7-11)9-17-2/h4-7,12,14H,3,8-9H2,1-2H3,(H,15,16). The summed E-state index contributed by atoms with van der Waals surface area (Å²) in [5.41, 5.74) is 1.81. The van der Waals surface area contributed by atoms with Crippen molar-refractivity contribution in [2.24, 2.45) is 0 Å². The van der Waals surface area contributed by atoms with Crippen LogP contribution in [-0.2, 0) is 16.1 Å². The summed E-state index contributed by atoms with van der Waals surface area (Å²) in [4.78, 5) is 11.1. The van der Waals surface area contributed by atoms with Crippen LogP contribution in [0.15, 0.2) is 24.3 Å². The number of hydrogen-bond donors (Lipinski definition) is 2. The zero-order chi connectivity index (χ0) is 12.7. The van der Waals surface area contributed by atoms with Crippen LogP contribution in [0.25, 0.3) is 0 Å². The van der Waals surface area contributed by atoms with Gasteiger partial charge in [0.05, 0.1) is 6.61 Å². The van der Waals surface area contributed by atoms with Gasteiger partial charge in [0, 0.05) is 7.11 Å². The summed E-state index contributed by atoms with van der Waals surface area (Å²) in [6.07, 6.45) is 0.908. The molecule has 1 rings (SSSR count). The van der Waals surface area contributed by atoms with E-state index in [9.17, 15) is 4.79 Å². The first-order chi connectivity index (χ1) is 8.19. The van der Waals surface area contributed by atoms with Crippen molar-refractivity contribution >= 4 is 5.97 Å². The Labute approximate surface area is 102 Å². The van der Waals surface area contributed by atoms with Gasteiger partial charge < -0.3 is 15.2 Å². The fourth-order valence-electron chi connectivity index (χ4n) is 1.61. The predicted octanol–water partition coefficient (Wildman–Crippen LogP) is 1.96. The topological polar surface area (TPSA) is 58.6 Å². The SMILES string of the molecule is CCCNC(C(=O)O)c1ccc(COC)cc1. The van der Waals surface area contributed by atoms with Crippen LogP contribution in [0.5, 0.6) is 0 Å². The van der Waals surface area contributed by atoms with Crippen LogP contribution in [0.2, 0.25) is 0 Å². The molecule has 17 heavy (non-hydrogen) atoms. The predicted molar refractivity (Wildman–Crippen MR) is 65.8 cm³/mol. The summed E-state index contributed by atoms with van der Waals surface area (Å²) < 4.78 is 5.01. The molecule has 4 nitrogen and oxygen atoms in total. The number of rotatable bonds is 7. The zero-order valence-corrected chi connectivity index (χ0v) is 10.3. The lowest BCUT2D eigenvalue weighted by Crippen LogP contribution is -2.29. The molecule has 0 saturated carbocycles. The lowest BCUT2D eigenvalue weighted by molar-refractivity contribution is -0.139. The fraction of sp³-hybridized carbons (Fsp3) is 0.462. The van der Waals surface area contributed by atoms with Gasteiger partial charge in [-0.3, -0.25) is 4.79 Å². The number of aliphatic carboxylic acids is 1. The summed E-state index contributed by atoms with van der Waals surface area (Å²) in [6, 6.07) is 6.81. The van der Waals surface area contributed by atoms with E-state index in [1.54, 1.807) is 7.11 Å². The molecule has 94 valence electrons. The maximum absolute atomic E-state index is 11.1. The molecule has 1 aromatic carbocycles. The Morgan fingerprint density at radius 2 is 2.06 bits per heavy atom. The molecule has 4 heteroatoms. The third-order valence-corrected chi connectivity index (χ3v) is 2.47. The second-order valence-electron chi connectivity index (χ2n) is 3.90. The minimum absolute atomic E-state index is 0.542. The number of carbonyl (C=O) groups is 1. The number of carboxylic acids is 1. The normalized spacial score (nSPS) is 12.4. The van der Waals surface area contributed by atoms with Gasteiger partial charge in [-0.25, -0.2) is 0 Å². The maximum atomic E-state index is 11.1. The van der Waals surface area contributed by atoms with Crippen LogP contribution in [0.4, 0.5) is 0 Å². The molecule has 0 aliphatic carbocycles. The maximum Gasteiger partial charge on any atom is 0.325 e. The minimum Gasteiger partial charge on any atom is -0.480 e. The van der Waals surface area contributed by atoms with Gasteiger partial charge in [-0.05, 0) is 24.1 Å². The first-order valence-corrected chi connectivity index (χ1v) is 5.73. The van der Waals surface area contributed by atoms with Gasteiger partial charge in [-0.2, -0.15) is 0 Å². The largest absolute Gasteiger partial charge is 0.480 e. The summed E-state index contributed by atoms with van der Waals surface area (Å²) in [7, 11) is 1.64. The van der Waals surface area contributed by atoms with E-state index in [0.717, 1.165) is 17.5 Å². The molecule has 0 aromatic heterocycles. The van der Waals surface area contributed by atoms with Crippen LogP contribution < -0.4 is 5.32 Å². The van der Waals surface area contributed by atoms with E-state index in [-0.39, 0.29) is 0 Å². The van der Waals surface area contributed by atoms with Crippen molar-refractivity contribution in [3.05, 3.63) is 35.4 Å². The van der Waals surface area contributed by atoms with Gasteiger partial charge in [-0.1, -0.05) is 31.2 Å². The van der Waals surface area contributed by atoms with Crippen molar-refractivity contribution in [3.8, 4) is 0 Å². The average Bonchev–Trinajstić information content (AvgIpc) is 2.31. The molecule has 1 atom stereocenters. The third kappa shape index (κ3) is 4.17. The average molecular weight is 237 g/mol. The van der Waals surface area contributed by atoms with Crippen molar-refractivity contribution in [3.63, 3.8) is 0 Å². The number of ether oxygens (including phenoxy) is 1. The van der Waals surface area contributed by atoms with Gasteiger partial charge in [0.15, 0.2) is 0 Å². The van der Waals surface area contributed by atoms with Crippen molar-refractivity contribution in [1.29, 1.82) is 0 Å². The summed E-state index contributed by atoms with van der Waals surface area (Å²) in [6.45, 7) is 3.24. The summed E-state index contributed by atoms with van der Waals surface area (Å²) in [5, 5.41) is 12.1. The Morgan fingerprint density at radius 3 is 2.53 bits per heavy atom. The second kappa shape index (κ2) is 7.04. The third-order valence-electron chi connectivity index (χ3n) is 2.47. The highest BCUT2D eigenvalue weighted by molar-refractivity contribution is 5.75. The summed E-state index contributed by atoms with van der Waals surface area (Å²) in [5.74, 6) is -0.849. The number of benzene rings is 1. The monoisotopic (exact) mass is 237 g/mol. The Bertz CT molecular complexity index is 348. The first kappa shape index (κ1) is 13.7. The van der Waals surface area contributed by atoms with Gasteiger partial charge in [0.25, 0.3) is 0 Å². The van der Waals surface area contributed by atoms with Gasteiger partial charge in [-0.15, -0.1) is 0 Å². The molecule has 1 aromatic rings. The molecule has 0 bridgehead atoms. The fourth-order valence-corrected chi connectivity index (χ4v) is 1.61. The zero-order valence-electron chi connectivity index (χ0n) is 10.3. The van der Waals surface area contributed by atoms with Gasteiger partial charge in [0.1, 0.15) is 6.04 Å². The van der Waals surface area contributed by atoms with E-state index in [0.29, 0.717) is 13.2 Å². The number of methoxy groups -OCH3 is 1. The lowest BCUT2D eigenvalue weighted by Gasteiger charge is -2.14. The van der Waals surface area contributed by atoms with Crippen LogP contribution in [0.3, 0.4) is 0 Å². The second-order valence-corrected chi connectivity index (χ2v) is 3.90. The Balaban J connectivity index is 2.76. The molecular formula is C13H19NO3. The van der Waals surface area contributed by atoms with Crippen molar-refractivity contribution in [2.45, 2.75) is 26.0 Å². The number of nitrogens with one attached hydrogen (secondary N) is 1. The van der Waals surface area contributed by atoms with Gasteiger partial charge in [0.2, 0.25) is 0 Å². The smallest absolute Gasteiger partial charge is 0.325 e. The van der Waals surface area contributed by atoms with E-state index in [1.807, 2.05) is 31.2 Å². The number of carboxylic acid groups (broad SMARTS) is 1. The molecule has 0 saturated heterocycles. The van der Waals surface area contributed by atoms with Gasteiger partial charge >= 0.3 is 5.97 Å². The molecule has 0 aliphatic rings. The highest BCUT2D eigenvalue weighted by atomic mass is 16.5. The Hall–Kier alpha value is -1.39. The van der Waals surface area contributed by atoms with Crippen molar-refractivity contribution in [2.75, 3.05) is 13.7 Å². The Kier molecular flexibility index (Phi) is 5.66. The molecule has 2 N–H and O–H groups in total. The minimum atomic E-state index is -0.849. The molecule has 0 fully saturated rings. The highest BCUT2D eigenvalue weighted by Gasteiger charge is 2.18. The Morgan fingerprint density at radius 1 is 1.41 bits per heavy atom. The van der Waals surface area contributed by atoms with E-state index >= 15 is 0 Å². The van der Waals surface area contributed by atoms with E-state index < -0.39 is 12.0 Å². The van der Waals surface area contributed by atoms with E-state index in [1.165, 1.54) is 0 Å². The molecule has 0 amide bonds. The molecule has 0 spiro atoms. The number of hydrogen-bond acceptors (Lipinski definition) is 3. The van der Waals surface area contributed by atoms with Crippen LogP contribution >= 0.6 is 0 Å². The van der Waals surface area contributed by atoms with E-state index in [2.05, 4.69) is 5.32 Å². The van der Waals surface area contributed by atoms with Crippen LogP contribution in [-0.4, -0.2) is 24.7 Å².